The summed E-state index contributed by atoms with van der Waals surface area (Å²) in [5.41, 5.74) is 0. The van der Waals surface area contributed by atoms with Gasteiger partial charge in [0.1, 0.15) is 5.76 Å². The number of nitrogens with zero attached hydrogens (tertiary/aromatic N) is 1. The van der Waals surface area contributed by atoms with E-state index >= 15 is 0 Å². The van der Waals surface area contributed by atoms with Crippen LogP contribution in [0.4, 0.5) is 0 Å². The quantitative estimate of drug-likeness (QED) is 0.849. The van der Waals surface area contributed by atoms with Crippen LogP contribution in [0.5, 0.6) is 0 Å². The Labute approximate surface area is 125 Å². The van der Waals surface area contributed by atoms with Crippen LogP contribution in [0, 0.1) is 5.92 Å². The highest BCUT2D eigenvalue weighted by Gasteiger charge is 2.24. The number of aryl methyl sites for hydroxylation is 1. The highest BCUT2D eigenvalue weighted by molar-refractivity contribution is 7.88. The second-order valence-electron chi connectivity index (χ2n) is 5.55. The fourth-order valence-electron chi connectivity index (χ4n) is 2.57. The van der Waals surface area contributed by atoms with Crippen LogP contribution in [-0.2, 0) is 21.2 Å². The molecule has 0 radical (unpaired) electrons. The van der Waals surface area contributed by atoms with Crippen LogP contribution < -0.4 is 4.72 Å². The molecule has 118 valence electrons. The van der Waals surface area contributed by atoms with E-state index in [4.69, 9.17) is 4.42 Å². The minimum Gasteiger partial charge on any atom is -0.469 e. The SMILES string of the molecule is CS(=O)(=O)NC[C@@H]1CCCN(C(=O)CCc2ccco2)C1. The summed E-state index contributed by atoms with van der Waals surface area (Å²) in [5, 5.41) is 0. The van der Waals surface area contributed by atoms with E-state index in [0.29, 0.717) is 25.9 Å². The van der Waals surface area contributed by atoms with Gasteiger partial charge < -0.3 is 9.32 Å². The zero-order valence-corrected chi connectivity index (χ0v) is 13.1. The maximum Gasteiger partial charge on any atom is 0.223 e. The molecule has 0 saturated carbocycles. The van der Waals surface area contributed by atoms with Gasteiger partial charge in [0.05, 0.1) is 12.5 Å². The van der Waals surface area contributed by atoms with E-state index in [0.717, 1.165) is 31.4 Å². The Bertz CT molecular complexity index is 554. The number of carbonyl (C=O) groups excluding carboxylic acids is 1. The second-order valence-corrected chi connectivity index (χ2v) is 7.38. The molecule has 1 fully saturated rings. The van der Waals surface area contributed by atoms with Gasteiger partial charge >= 0.3 is 0 Å². The van der Waals surface area contributed by atoms with Gasteiger partial charge in [-0.05, 0) is 30.9 Å². The molecule has 2 rings (SSSR count). The van der Waals surface area contributed by atoms with E-state index in [9.17, 15) is 13.2 Å². The molecule has 1 N–H and O–H groups in total. The summed E-state index contributed by atoms with van der Waals surface area (Å²) < 4.78 is 30.0. The van der Waals surface area contributed by atoms with E-state index in [-0.39, 0.29) is 11.8 Å². The van der Waals surface area contributed by atoms with Crippen LogP contribution in [0.2, 0.25) is 0 Å². The fraction of sp³-hybridized carbons (Fsp3) is 0.643. The molecule has 0 aromatic carbocycles. The first-order chi connectivity index (χ1) is 9.94. The van der Waals surface area contributed by atoms with Crippen molar-refractivity contribution < 1.29 is 17.6 Å². The lowest BCUT2D eigenvalue weighted by atomic mass is 9.98. The zero-order valence-electron chi connectivity index (χ0n) is 12.2. The first-order valence-corrected chi connectivity index (χ1v) is 9.08. The number of carbonyl (C=O) groups is 1. The normalized spacial score (nSPS) is 19.7. The Hall–Kier alpha value is -1.34. The lowest BCUT2D eigenvalue weighted by Gasteiger charge is -2.32. The summed E-state index contributed by atoms with van der Waals surface area (Å²) in [6.07, 6.45) is 5.66. The first kappa shape index (κ1) is 16.0. The van der Waals surface area contributed by atoms with Crippen molar-refractivity contribution in [2.24, 2.45) is 5.92 Å². The largest absolute Gasteiger partial charge is 0.469 e. The maximum absolute atomic E-state index is 12.2. The molecule has 0 aliphatic carbocycles. The van der Waals surface area contributed by atoms with Gasteiger partial charge in [0.2, 0.25) is 15.9 Å². The van der Waals surface area contributed by atoms with E-state index in [1.54, 1.807) is 6.26 Å². The number of likely N-dealkylation sites (tertiary alicyclic amines) is 1. The van der Waals surface area contributed by atoms with Crippen molar-refractivity contribution in [1.29, 1.82) is 0 Å². The van der Waals surface area contributed by atoms with Crippen molar-refractivity contribution in [3.63, 3.8) is 0 Å². The Morgan fingerprint density at radius 3 is 3.00 bits per heavy atom. The summed E-state index contributed by atoms with van der Waals surface area (Å²) >= 11 is 0. The molecule has 6 nitrogen and oxygen atoms in total. The van der Waals surface area contributed by atoms with Crippen molar-refractivity contribution in [2.75, 3.05) is 25.9 Å². The number of piperidine rings is 1. The fourth-order valence-corrected chi connectivity index (χ4v) is 3.11. The van der Waals surface area contributed by atoms with Gasteiger partial charge in [0, 0.05) is 32.5 Å². The second kappa shape index (κ2) is 7.09. The maximum atomic E-state index is 12.2. The summed E-state index contributed by atoms with van der Waals surface area (Å²) in [4.78, 5) is 14.0. The van der Waals surface area contributed by atoms with Crippen molar-refractivity contribution in [2.45, 2.75) is 25.7 Å². The highest BCUT2D eigenvalue weighted by atomic mass is 32.2. The molecule has 2 heterocycles. The summed E-state index contributed by atoms with van der Waals surface area (Å²) in [5.74, 6) is 1.12. The van der Waals surface area contributed by atoms with Crippen LogP contribution in [0.25, 0.3) is 0 Å². The molecule has 0 spiro atoms. The van der Waals surface area contributed by atoms with Gasteiger partial charge in [0.25, 0.3) is 0 Å². The number of rotatable bonds is 6. The number of nitrogens with one attached hydrogen (secondary N) is 1. The van der Waals surface area contributed by atoms with Crippen LogP contribution in [-0.4, -0.2) is 45.1 Å². The standard InChI is InChI=1S/C14H22N2O4S/c1-21(18,19)15-10-12-4-2-8-16(11-12)14(17)7-6-13-5-3-9-20-13/h3,5,9,12,15H,2,4,6-8,10-11H2,1H3/t12-/m0/s1. The molecule has 1 saturated heterocycles. The number of hydrogen-bond acceptors (Lipinski definition) is 4. The monoisotopic (exact) mass is 314 g/mol. The van der Waals surface area contributed by atoms with Crippen molar-refractivity contribution >= 4 is 15.9 Å². The minimum atomic E-state index is -3.17. The molecule has 0 bridgehead atoms. The summed E-state index contributed by atoms with van der Waals surface area (Å²) in [6.45, 7) is 1.78. The van der Waals surface area contributed by atoms with E-state index in [1.807, 2.05) is 17.0 Å². The van der Waals surface area contributed by atoms with E-state index < -0.39 is 10.0 Å². The smallest absolute Gasteiger partial charge is 0.223 e. The lowest BCUT2D eigenvalue weighted by Crippen LogP contribution is -2.43. The average Bonchev–Trinajstić information content (AvgIpc) is 2.95. The van der Waals surface area contributed by atoms with E-state index in [1.165, 1.54) is 0 Å². The van der Waals surface area contributed by atoms with Crippen molar-refractivity contribution in [3.05, 3.63) is 24.2 Å². The molecule has 7 heteroatoms. The van der Waals surface area contributed by atoms with E-state index in [2.05, 4.69) is 4.72 Å². The molecular formula is C14H22N2O4S. The molecule has 1 aromatic rings. The van der Waals surface area contributed by atoms with Gasteiger partial charge in [-0.3, -0.25) is 4.79 Å². The topological polar surface area (TPSA) is 79.6 Å². The number of sulfonamides is 1. The van der Waals surface area contributed by atoms with Crippen LogP contribution in [0.1, 0.15) is 25.0 Å². The Balaban J connectivity index is 1.78. The Morgan fingerprint density at radius 2 is 2.33 bits per heavy atom. The Morgan fingerprint density at radius 1 is 1.52 bits per heavy atom. The average molecular weight is 314 g/mol. The molecule has 1 amide bonds. The van der Waals surface area contributed by atoms with Gasteiger partial charge in [-0.15, -0.1) is 0 Å². The molecule has 0 unspecified atom stereocenters. The summed E-state index contributed by atoms with van der Waals surface area (Å²) in [6, 6.07) is 3.68. The van der Waals surface area contributed by atoms with Crippen LogP contribution in [0.15, 0.2) is 22.8 Å². The third-order valence-corrected chi connectivity index (χ3v) is 4.36. The number of amides is 1. The zero-order chi connectivity index (χ0) is 15.3. The van der Waals surface area contributed by atoms with Crippen LogP contribution in [0.3, 0.4) is 0 Å². The predicted molar refractivity (Wildman–Crippen MR) is 79.2 cm³/mol. The molecule has 1 aliphatic heterocycles. The third-order valence-electron chi connectivity index (χ3n) is 3.67. The van der Waals surface area contributed by atoms with Crippen LogP contribution >= 0.6 is 0 Å². The Kier molecular flexibility index (Phi) is 5.41. The molecule has 1 aromatic heterocycles. The first-order valence-electron chi connectivity index (χ1n) is 7.19. The highest BCUT2D eigenvalue weighted by Crippen LogP contribution is 2.17. The molecular weight excluding hydrogens is 292 g/mol. The predicted octanol–water partition coefficient (Wildman–Crippen LogP) is 1.000. The lowest BCUT2D eigenvalue weighted by molar-refractivity contribution is -0.133. The van der Waals surface area contributed by atoms with Crippen molar-refractivity contribution in [3.8, 4) is 0 Å². The number of hydrogen-bond donors (Lipinski definition) is 1. The van der Waals surface area contributed by atoms with Gasteiger partial charge in [-0.2, -0.15) is 0 Å². The number of furan rings is 1. The molecule has 21 heavy (non-hydrogen) atoms. The minimum absolute atomic E-state index is 0.107. The van der Waals surface area contributed by atoms with Gasteiger partial charge in [-0.25, -0.2) is 13.1 Å². The third kappa shape index (κ3) is 5.51. The van der Waals surface area contributed by atoms with Gasteiger partial charge in [-0.1, -0.05) is 0 Å². The van der Waals surface area contributed by atoms with Gasteiger partial charge in [0.15, 0.2) is 0 Å². The molecule has 1 atom stereocenters. The van der Waals surface area contributed by atoms with Crippen molar-refractivity contribution in [1.82, 2.24) is 9.62 Å². The summed E-state index contributed by atoms with van der Waals surface area (Å²) in [7, 11) is -3.17. The molecule has 1 aliphatic rings.